The van der Waals surface area contributed by atoms with Crippen LogP contribution in [-0.2, 0) is 24.9 Å². The Labute approximate surface area is 185 Å². The highest BCUT2D eigenvalue weighted by atomic mass is 32.2. The van der Waals surface area contributed by atoms with Crippen LogP contribution in [0.15, 0.2) is 78.0 Å². The summed E-state index contributed by atoms with van der Waals surface area (Å²) in [6, 6.07) is 24.2. The van der Waals surface area contributed by atoms with Crippen LogP contribution in [0.2, 0.25) is 0 Å². The summed E-state index contributed by atoms with van der Waals surface area (Å²) < 4.78 is 7.88. The first-order valence-corrected chi connectivity index (χ1v) is 11.1. The molecule has 0 bridgehead atoms. The average molecular weight is 433 g/mol. The van der Waals surface area contributed by atoms with Gasteiger partial charge in [0.15, 0.2) is 11.0 Å². The van der Waals surface area contributed by atoms with Gasteiger partial charge in [-0.3, -0.25) is 4.79 Å². The predicted molar refractivity (Wildman–Crippen MR) is 123 cm³/mol. The number of fused-ring (bicyclic) bond motifs is 1. The first kappa shape index (κ1) is 20.9. The fraction of sp³-hybridized carbons (Fsp3) is 0.208. The molecule has 158 valence electrons. The highest BCUT2D eigenvalue weighted by molar-refractivity contribution is 7.99. The maximum atomic E-state index is 12.1. The number of nitrogens with one attached hydrogen (secondary N) is 1. The molecule has 7 heteroatoms. The van der Waals surface area contributed by atoms with Crippen LogP contribution in [0.3, 0.4) is 0 Å². The summed E-state index contributed by atoms with van der Waals surface area (Å²) in [5, 5.41) is 14.3. The molecule has 0 atom stereocenters. The zero-order chi connectivity index (χ0) is 21.5. The SMILES string of the molecule is Cn1c(COc2cccc3ccccc23)nnc1SCC(=O)NCCc1ccccc1. The molecular formula is C24H24N4O2S. The summed E-state index contributed by atoms with van der Waals surface area (Å²) >= 11 is 1.37. The Balaban J connectivity index is 1.27. The van der Waals surface area contributed by atoms with Crippen molar-refractivity contribution in [2.45, 2.75) is 18.2 Å². The van der Waals surface area contributed by atoms with E-state index >= 15 is 0 Å². The predicted octanol–water partition coefficient (Wildman–Crippen LogP) is 4.00. The molecule has 0 spiro atoms. The summed E-state index contributed by atoms with van der Waals surface area (Å²) in [6.45, 7) is 0.924. The third-order valence-electron chi connectivity index (χ3n) is 4.94. The molecule has 6 nitrogen and oxygen atoms in total. The third-order valence-corrected chi connectivity index (χ3v) is 5.96. The quantitative estimate of drug-likeness (QED) is 0.405. The number of nitrogens with zero attached hydrogens (tertiary/aromatic N) is 3. The van der Waals surface area contributed by atoms with E-state index in [4.69, 9.17) is 4.74 Å². The lowest BCUT2D eigenvalue weighted by Crippen LogP contribution is -2.27. The van der Waals surface area contributed by atoms with E-state index in [1.165, 1.54) is 17.3 Å². The molecule has 0 aliphatic rings. The Morgan fingerprint density at radius 2 is 1.77 bits per heavy atom. The number of amides is 1. The minimum atomic E-state index is -0.0162. The molecule has 31 heavy (non-hydrogen) atoms. The van der Waals surface area contributed by atoms with Crippen LogP contribution in [0.25, 0.3) is 10.8 Å². The molecule has 4 aromatic rings. The highest BCUT2D eigenvalue weighted by Crippen LogP contribution is 2.26. The lowest BCUT2D eigenvalue weighted by molar-refractivity contribution is -0.118. The zero-order valence-electron chi connectivity index (χ0n) is 17.3. The minimum absolute atomic E-state index is 0.0162. The van der Waals surface area contributed by atoms with E-state index in [9.17, 15) is 4.79 Å². The lowest BCUT2D eigenvalue weighted by atomic mass is 10.1. The molecule has 0 unspecified atom stereocenters. The second-order valence-electron chi connectivity index (χ2n) is 7.10. The number of hydrogen-bond acceptors (Lipinski definition) is 5. The van der Waals surface area contributed by atoms with Gasteiger partial charge in [0.05, 0.1) is 5.75 Å². The van der Waals surface area contributed by atoms with Crippen molar-refractivity contribution in [3.05, 3.63) is 84.2 Å². The zero-order valence-corrected chi connectivity index (χ0v) is 18.1. The van der Waals surface area contributed by atoms with Crippen molar-refractivity contribution in [2.24, 2.45) is 7.05 Å². The van der Waals surface area contributed by atoms with Gasteiger partial charge in [0.25, 0.3) is 0 Å². The molecule has 0 aliphatic carbocycles. The van der Waals surface area contributed by atoms with Crippen molar-refractivity contribution in [3.63, 3.8) is 0 Å². The summed E-state index contributed by atoms with van der Waals surface area (Å²) in [7, 11) is 1.89. The number of thioether (sulfide) groups is 1. The third kappa shape index (κ3) is 5.44. The molecule has 0 saturated carbocycles. The van der Waals surface area contributed by atoms with Gasteiger partial charge >= 0.3 is 0 Å². The van der Waals surface area contributed by atoms with Crippen LogP contribution in [0.5, 0.6) is 5.75 Å². The molecule has 3 aromatic carbocycles. The Bertz CT molecular complexity index is 1160. The number of hydrogen-bond donors (Lipinski definition) is 1. The maximum absolute atomic E-state index is 12.1. The Morgan fingerprint density at radius 1 is 1.00 bits per heavy atom. The molecule has 0 fully saturated rings. The topological polar surface area (TPSA) is 69.0 Å². The van der Waals surface area contributed by atoms with Crippen LogP contribution in [0.1, 0.15) is 11.4 Å². The summed E-state index contributed by atoms with van der Waals surface area (Å²) in [5.74, 6) is 1.80. The number of carbonyl (C=O) groups is 1. The Kier molecular flexibility index (Phi) is 6.84. The fourth-order valence-corrected chi connectivity index (χ4v) is 3.99. The van der Waals surface area contributed by atoms with Crippen LogP contribution in [0, 0.1) is 0 Å². The number of aromatic nitrogens is 3. The van der Waals surface area contributed by atoms with Gasteiger partial charge in [-0.2, -0.15) is 0 Å². The van der Waals surface area contributed by atoms with Gasteiger partial charge in [-0.25, -0.2) is 0 Å². The van der Waals surface area contributed by atoms with Crippen LogP contribution in [0.4, 0.5) is 0 Å². The molecule has 4 rings (SSSR count). The van der Waals surface area contributed by atoms with Gasteiger partial charge in [0.1, 0.15) is 12.4 Å². The Hall–Kier alpha value is -3.32. The van der Waals surface area contributed by atoms with E-state index in [1.54, 1.807) is 0 Å². The molecule has 0 radical (unpaired) electrons. The van der Waals surface area contributed by atoms with Crippen molar-refractivity contribution in [1.29, 1.82) is 0 Å². The smallest absolute Gasteiger partial charge is 0.230 e. The van der Waals surface area contributed by atoms with Crippen molar-refractivity contribution in [2.75, 3.05) is 12.3 Å². The summed E-state index contributed by atoms with van der Waals surface area (Å²) in [6.07, 6.45) is 0.816. The van der Waals surface area contributed by atoms with E-state index in [0.717, 1.165) is 22.9 Å². The van der Waals surface area contributed by atoms with Crippen molar-refractivity contribution in [1.82, 2.24) is 20.1 Å². The summed E-state index contributed by atoms with van der Waals surface area (Å²) in [4.78, 5) is 12.1. The minimum Gasteiger partial charge on any atom is -0.485 e. The number of carbonyl (C=O) groups excluding carboxylic acids is 1. The fourth-order valence-electron chi connectivity index (χ4n) is 3.23. The van der Waals surface area contributed by atoms with Gasteiger partial charge < -0.3 is 14.6 Å². The van der Waals surface area contributed by atoms with Crippen molar-refractivity contribution < 1.29 is 9.53 Å². The molecular weight excluding hydrogens is 408 g/mol. The molecule has 0 aliphatic heterocycles. The van der Waals surface area contributed by atoms with Gasteiger partial charge in [-0.05, 0) is 23.4 Å². The normalized spacial score (nSPS) is 10.9. The second kappa shape index (κ2) is 10.1. The van der Waals surface area contributed by atoms with Gasteiger partial charge in [0.2, 0.25) is 5.91 Å². The first-order valence-electron chi connectivity index (χ1n) is 10.1. The first-order chi connectivity index (χ1) is 15.2. The average Bonchev–Trinajstić information content (AvgIpc) is 3.16. The standard InChI is InChI=1S/C24H24N4O2S/c1-28-22(16-30-21-13-7-11-19-10-5-6-12-20(19)21)26-27-24(28)31-17-23(29)25-15-14-18-8-3-2-4-9-18/h2-13H,14-17H2,1H3,(H,25,29). The number of benzene rings is 3. The van der Waals surface area contributed by atoms with E-state index < -0.39 is 0 Å². The van der Waals surface area contributed by atoms with E-state index in [2.05, 4.69) is 39.8 Å². The lowest BCUT2D eigenvalue weighted by Gasteiger charge is -2.09. The molecule has 0 saturated heterocycles. The van der Waals surface area contributed by atoms with Crippen LogP contribution >= 0.6 is 11.8 Å². The van der Waals surface area contributed by atoms with E-state index in [0.29, 0.717) is 29.9 Å². The molecule has 1 N–H and O–H groups in total. The van der Waals surface area contributed by atoms with Gasteiger partial charge in [-0.15, -0.1) is 10.2 Å². The van der Waals surface area contributed by atoms with Gasteiger partial charge in [0, 0.05) is 19.0 Å². The maximum Gasteiger partial charge on any atom is 0.230 e. The van der Waals surface area contributed by atoms with Crippen molar-refractivity contribution in [3.8, 4) is 5.75 Å². The summed E-state index contributed by atoms with van der Waals surface area (Å²) in [5.41, 5.74) is 1.21. The van der Waals surface area contributed by atoms with E-state index in [-0.39, 0.29) is 5.91 Å². The molecule has 1 aromatic heterocycles. The van der Waals surface area contributed by atoms with Crippen molar-refractivity contribution >= 4 is 28.4 Å². The monoisotopic (exact) mass is 432 g/mol. The highest BCUT2D eigenvalue weighted by Gasteiger charge is 2.12. The largest absolute Gasteiger partial charge is 0.485 e. The van der Waals surface area contributed by atoms with Gasteiger partial charge in [-0.1, -0.05) is 78.5 Å². The van der Waals surface area contributed by atoms with E-state index in [1.807, 2.05) is 60.1 Å². The molecule has 1 amide bonds. The Morgan fingerprint density at radius 3 is 2.65 bits per heavy atom. The van der Waals surface area contributed by atoms with Crippen LogP contribution in [-0.4, -0.2) is 33.0 Å². The van der Waals surface area contributed by atoms with Crippen LogP contribution < -0.4 is 10.1 Å². The second-order valence-corrected chi connectivity index (χ2v) is 8.04. The molecule has 1 heterocycles. The number of rotatable bonds is 9. The number of ether oxygens (including phenoxy) is 1.